The zero-order valence-electron chi connectivity index (χ0n) is 12.4. The molecule has 0 aliphatic rings. The first kappa shape index (κ1) is 14.5. The normalized spacial score (nSPS) is 12.2. The highest BCUT2D eigenvalue weighted by molar-refractivity contribution is 8.00. The van der Waals surface area contributed by atoms with Crippen LogP contribution in [0, 0.1) is 18.3 Å². The minimum Gasteiger partial charge on any atom is -0.250 e. The average molecular weight is 309 g/mol. The van der Waals surface area contributed by atoms with E-state index in [-0.39, 0.29) is 5.25 Å². The minimum atomic E-state index is -0.194. The molecule has 0 spiro atoms. The molecule has 0 saturated heterocycles. The zero-order chi connectivity index (χ0) is 15.5. The van der Waals surface area contributed by atoms with Crippen LogP contribution >= 0.6 is 11.8 Å². The summed E-state index contributed by atoms with van der Waals surface area (Å²) in [4.78, 5) is 8.53. The van der Waals surface area contributed by atoms with Crippen LogP contribution in [0.3, 0.4) is 0 Å². The second-order valence-corrected chi connectivity index (χ2v) is 6.30. The Kier molecular flexibility index (Phi) is 4.07. The number of aromatic nitrogens is 4. The maximum Gasteiger partial charge on any atom is 0.162 e. The molecule has 0 aliphatic heterocycles. The second kappa shape index (κ2) is 6.16. The molecule has 0 fully saturated rings. The van der Waals surface area contributed by atoms with Crippen molar-refractivity contribution in [3.63, 3.8) is 0 Å². The van der Waals surface area contributed by atoms with Gasteiger partial charge in [0.15, 0.2) is 5.65 Å². The first-order valence-corrected chi connectivity index (χ1v) is 7.80. The summed E-state index contributed by atoms with van der Waals surface area (Å²) in [5.41, 5.74) is 3.16. The summed E-state index contributed by atoms with van der Waals surface area (Å²) >= 11 is 1.47. The smallest absolute Gasteiger partial charge is 0.162 e. The van der Waals surface area contributed by atoms with Gasteiger partial charge in [-0.25, -0.2) is 9.97 Å². The SMILES string of the molecule is Cc1ccc(CC(C#N)Sc2ncnc3c2cnn3C)cc1. The molecule has 1 atom stereocenters. The Morgan fingerprint density at radius 2 is 2.05 bits per heavy atom. The third-order valence-electron chi connectivity index (χ3n) is 3.43. The predicted octanol–water partition coefficient (Wildman–Crippen LogP) is 2.90. The van der Waals surface area contributed by atoms with E-state index in [9.17, 15) is 5.26 Å². The van der Waals surface area contributed by atoms with Gasteiger partial charge in [-0.05, 0) is 18.9 Å². The molecule has 0 N–H and O–H groups in total. The topological polar surface area (TPSA) is 67.4 Å². The van der Waals surface area contributed by atoms with Crippen molar-refractivity contribution in [1.82, 2.24) is 19.7 Å². The highest BCUT2D eigenvalue weighted by atomic mass is 32.2. The predicted molar refractivity (Wildman–Crippen MR) is 86.4 cm³/mol. The molecule has 2 aromatic heterocycles. The number of rotatable bonds is 4. The lowest BCUT2D eigenvalue weighted by Crippen LogP contribution is -2.05. The maximum atomic E-state index is 9.45. The molecule has 0 saturated carbocycles. The van der Waals surface area contributed by atoms with Crippen LogP contribution in [0.1, 0.15) is 11.1 Å². The number of benzene rings is 1. The molecule has 22 heavy (non-hydrogen) atoms. The van der Waals surface area contributed by atoms with Crippen molar-refractivity contribution < 1.29 is 0 Å². The van der Waals surface area contributed by atoms with Crippen LogP contribution < -0.4 is 0 Å². The Morgan fingerprint density at radius 3 is 2.77 bits per heavy atom. The molecule has 5 nitrogen and oxygen atoms in total. The quantitative estimate of drug-likeness (QED) is 0.547. The number of nitrogens with zero attached hydrogens (tertiary/aromatic N) is 5. The summed E-state index contributed by atoms with van der Waals surface area (Å²) in [5.74, 6) is 0. The van der Waals surface area contributed by atoms with Gasteiger partial charge in [-0.3, -0.25) is 4.68 Å². The molecule has 3 aromatic rings. The Hall–Kier alpha value is -2.39. The molecule has 1 aromatic carbocycles. The van der Waals surface area contributed by atoms with E-state index >= 15 is 0 Å². The van der Waals surface area contributed by atoms with Gasteiger partial charge in [0.25, 0.3) is 0 Å². The molecule has 0 amide bonds. The van der Waals surface area contributed by atoms with Gasteiger partial charge in [0.05, 0.1) is 17.7 Å². The summed E-state index contributed by atoms with van der Waals surface area (Å²) in [5, 5.41) is 15.1. The van der Waals surface area contributed by atoms with Crippen LogP contribution in [0.4, 0.5) is 0 Å². The number of thioether (sulfide) groups is 1. The van der Waals surface area contributed by atoms with E-state index in [0.29, 0.717) is 6.42 Å². The molecule has 0 bridgehead atoms. The average Bonchev–Trinajstić information content (AvgIpc) is 2.91. The Balaban J connectivity index is 1.83. The third kappa shape index (κ3) is 2.95. The van der Waals surface area contributed by atoms with Crippen molar-refractivity contribution in [2.75, 3.05) is 0 Å². The van der Waals surface area contributed by atoms with E-state index in [4.69, 9.17) is 0 Å². The van der Waals surface area contributed by atoms with Gasteiger partial charge in [-0.2, -0.15) is 10.4 Å². The zero-order valence-corrected chi connectivity index (χ0v) is 13.2. The molecule has 2 heterocycles. The molecular formula is C16H15N5S. The fraction of sp³-hybridized carbons (Fsp3) is 0.250. The van der Waals surface area contributed by atoms with E-state index in [1.54, 1.807) is 10.9 Å². The lowest BCUT2D eigenvalue weighted by atomic mass is 10.1. The maximum absolute atomic E-state index is 9.45. The van der Waals surface area contributed by atoms with E-state index in [1.807, 2.05) is 7.05 Å². The van der Waals surface area contributed by atoms with Crippen LogP contribution in [0.15, 0.2) is 41.8 Å². The van der Waals surface area contributed by atoms with Crippen molar-refractivity contribution in [2.24, 2.45) is 7.05 Å². The largest absolute Gasteiger partial charge is 0.250 e. The van der Waals surface area contributed by atoms with Crippen LogP contribution in [-0.4, -0.2) is 25.0 Å². The number of hydrogen-bond acceptors (Lipinski definition) is 5. The highest BCUT2D eigenvalue weighted by Crippen LogP contribution is 2.29. The van der Waals surface area contributed by atoms with Crippen molar-refractivity contribution in [3.05, 3.63) is 47.9 Å². The minimum absolute atomic E-state index is 0.194. The first-order chi connectivity index (χ1) is 10.7. The Bertz CT molecular complexity index is 832. The Labute approximate surface area is 133 Å². The standard InChI is InChI=1S/C16H15N5S/c1-11-3-5-12(6-4-11)7-13(8-17)22-16-14-9-20-21(2)15(14)18-10-19-16/h3-6,9-10,13H,7H2,1-2H3. The van der Waals surface area contributed by atoms with Crippen molar-refractivity contribution in [3.8, 4) is 6.07 Å². The van der Waals surface area contributed by atoms with Gasteiger partial charge in [0.2, 0.25) is 0 Å². The number of fused-ring (bicyclic) bond motifs is 1. The van der Waals surface area contributed by atoms with Crippen molar-refractivity contribution >= 4 is 22.8 Å². The van der Waals surface area contributed by atoms with Gasteiger partial charge in [0, 0.05) is 7.05 Å². The molecule has 3 rings (SSSR count). The van der Waals surface area contributed by atoms with Gasteiger partial charge in [0.1, 0.15) is 16.6 Å². The summed E-state index contributed by atoms with van der Waals surface area (Å²) < 4.78 is 1.71. The van der Waals surface area contributed by atoms with Gasteiger partial charge in [-0.15, -0.1) is 0 Å². The summed E-state index contributed by atoms with van der Waals surface area (Å²) in [6.07, 6.45) is 3.96. The van der Waals surface area contributed by atoms with Crippen molar-refractivity contribution in [1.29, 1.82) is 5.26 Å². The van der Waals surface area contributed by atoms with E-state index in [0.717, 1.165) is 21.6 Å². The van der Waals surface area contributed by atoms with E-state index in [2.05, 4.69) is 52.3 Å². The number of hydrogen-bond donors (Lipinski definition) is 0. The van der Waals surface area contributed by atoms with E-state index < -0.39 is 0 Å². The van der Waals surface area contributed by atoms with Crippen LogP contribution in [0.5, 0.6) is 0 Å². The first-order valence-electron chi connectivity index (χ1n) is 6.92. The van der Waals surface area contributed by atoms with Crippen LogP contribution in [0.2, 0.25) is 0 Å². The molecule has 0 aliphatic carbocycles. The third-order valence-corrected chi connectivity index (χ3v) is 4.54. The monoisotopic (exact) mass is 309 g/mol. The van der Waals surface area contributed by atoms with Crippen molar-refractivity contribution in [2.45, 2.75) is 23.6 Å². The lowest BCUT2D eigenvalue weighted by Gasteiger charge is -2.09. The van der Waals surface area contributed by atoms with Gasteiger partial charge < -0.3 is 0 Å². The molecule has 0 radical (unpaired) electrons. The fourth-order valence-corrected chi connectivity index (χ4v) is 3.20. The number of aryl methyl sites for hydroxylation is 2. The summed E-state index contributed by atoms with van der Waals surface area (Å²) in [7, 11) is 1.85. The van der Waals surface area contributed by atoms with Crippen LogP contribution in [0.25, 0.3) is 11.0 Å². The molecule has 110 valence electrons. The van der Waals surface area contributed by atoms with Gasteiger partial charge >= 0.3 is 0 Å². The fourth-order valence-electron chi connectivity index (χ4n) is 2.22. The number of nitriles is 1. The second-order valence-electron chi connectivity index (χ2n) is 5.11. The van der Waals surface area contributed by atoms with Gasteiger partial charge in [-0.1, -0.05) is 41.6 Å². The van der Waals surface area contributed by atoms with Crippen LogP contribution in [-0.2, 0) is 13.5 Å². The molecule has 1 unspecified atom stereocenters. The highest BCUT2D eigenvalue weighted by Gasteiger charge is 2.15. The summed E-state index contributed by atoms with van der Waals surface area (Å²) in [6, 6.07) is 10.6. The summed E-state index contributed by atoms with van der Waals surface area (Å²) in [6.45, 7) is 2.06. The Morgan fingerprint density at radius 1 is 1.27 bits per heavy atom. The molecule has 6 heteroatoms. The van der Waals surface area contributed by atoms with E-state index in [1.165, 1.54) is 23.7 Å². The molecular weight excluding hydrogens is 294 g/mol. The lowest BCUT2D eigenvalue weighted by molar-refractivity contribution is 0.784.